The molecule has 0 saturated heterocycles. The molecule has 0 fully saturated rings. The maximum absolute atomic E-state index is 13.8. The normalized spacial score (nSPS) is 11.4. The Hall–Kier alpha value is -1.30. The number of aryl methyl sites for hydroxylation is 1. The van der Waals surface area contributed by atoms with Crippen LogP contribution in [0.25, 0.3) is 10.9 Å². The maximum Gasteiger partial charge on any atom is 0.280 e. The monoisotopic (exact) mass is 304 g/mol. The molecule has 0 aliphatic rings. The predicted octanol–water partition coefficient (Wildman–Crippen LogP) is 3.96. The van der Waals surface area contributed by atoms with Gasteiger partial charge < -0.3 is 5.73 Å². The summed E-state index contributed by atoms with van der Waals surface area (Å²) in [4.78, 5) is 3.75. The average molecular weight is 305 g/mol. The number of hydrogen-bond acceptors (Lipinski definition) is 2. The highest BCUT2D eigenvalue weighted by molar-refractivity contribution is 9.10. The van der Waals surface area contributed by atoms with E-state index in [1.165, 1.54) is 6.07 Å². The summed E-state index contributed by atoms with van der Waals surface area (Å²) < 4.78 is 39.2. The van der Waals surface area contributed by atoms with Crippen LogP contribution >= 0.6 is 15.9 Å². The molecule has 2 N–H and O–H groups in total. The SMILES string of the molecule is Cc1cc(Br)c(F)c2c(N)cc(C(F)F)nc12. The van der Waals surface area contributed by atoms with Crippen LogP contribution < -0.4 is 5.73 Å². The van der Waals surface area contributed by atoms with Crippen molar-refractivity contribution in [1.82, 2.24) is 4.98 Å². The van der Waals surface area contributed by atoms with E-state index in [1.54, 1.807) is 6.92 Å². The van der Waals surface area contributed by atoms with E-state index in [4.69, 9.17) is 5.73 Å². The lowest BCUT2D eigenvalue weighted by atomic mass is 10.1. The van der Waals surface area contributed by atoms with Crippen molar-refractivity contribution in [2.75, 3.05) is 5.73 Å². The summed E-state index contributed by atoms with van der Waals surface area (Å²) in [5.41, 5.74) is 5.87. The molecule has 6 heteroatoms. The van der Waals surface area contributed by atoms with E-state index < -0.39 is 17.9 Å². The Morgan fingerprint density at radius 3 is 2.59 bits per heavy atom. The van der Waals surface area contributed by atoms with Crippen molar-refractivity contribution in [1.29, 1.82) is 0 Å². The molecule has 17 heavy (non-hydrogen) atoms. The topological polar surface area (TPSA) is 38.9 Å². The second kappa shape index (κ2) is 4.18. The van der Waals surface area contributed by atoms with Crippen LogP contribution in [0, 0.1) is 12.7 Å². The number of nitrogen functional groups attached to an aromatic ring is 1. The van der Waals surface area contributed by atoms with Gasteiger partial charge in [0.1, 0.15) is 11.5 Å². The Kier molecular flexibility index (Phi) is 2.99. The molecule has 0 radical (unpaired) electrons. The Balaban J connectivity index is 2.90. The van der Waals surface area contributed by atoms with E-state index in [2.05, 4.69) is 20.9 Å². The molecule has 1 heterocycles. The summed E-state index contributed by atoms with van der Waals surface area (Å²) in [6, 6.07) is 2.49. The van der Waals surface area contributed by atoms with Crippen molar-refractivity contribution in [2.45, 2.75) is 13.3 Å². The molecule has 0 aliphatic carbocycles. The van der Waals surface area contributed by atoms with Gasteiger partial charge in [-0.3, -0.25) is 0 Å². The molecule has 1 aromatic heterocycles. The van der Waals surface area contributed by atoms with Crippen LogP contribution in [0.3, 0.4) is 0 Å². The van der Waals surface area contributed by atoms with E-state index in [0.717, 1.165) is 6.07 Å². The van der Waals surface area contributed by atoms with E-state index in [9.17, 15) is 13.2 Å². The molecule has 90 valence electrons. The third-order valence-corrected chi connectivity index (χ3v) is 3.02. The minimum absolute atomic E-state index is 0.0350. The molecule has 0 bridgehead atoms. The van der Waals surface area contributed by atoms with Gasteiger partial charge in [0.25, 0.3) is 6.43 Å². The van der Waals surface area contributed by atoms with Crippen LogP contribution in [0.15, 0.2) is 16.6 Å². The Morgan fingerprint density at radius 1 is 1.35 bits per heavy atom. The van der Waals surface area contributed by atoms with Gasteiger partial charge in [0.15, 0.2) is 0 Å². The number of halogens is 4. The van der Waals surface area contributed by atoms with Crippen LogP contribution in [0.5, 0.6) is 0 Å². The maximum atomic E-state index is 13.8. The van der Waals surface area contributed by atoms with Crippen molar-refractivity contribution < 1.29 is 13.2 Å². The van der Waals surface area contributed by atoms with Crippen molar-refractivity contribution in [2.24, 2.45) is 0 Å². The lowest BCUT2D eigenvalue weighted by molar-refractivity contribution is 0.146. The quantitative estimate of drug-likeness (QED) is 0.866. The number of pyridine rings is 1. The first-order valence-electron chi connectivity index (χ1n) is 4.74. The summed E-state index contributed by atoms with van der Waals surface area (Å²) in [6.07, 6.45) is -2.73. The predicted molar refractivity (Wildman–Crippen MR) is 63.5 cm³/mol. The number of nitrogens with two attached hydrogens (primary N) is 1. The van der Waals surface area contributed by atoms with E-state index in [-0.39, 0.29) is 21.1 Å². The molecule has 0 unspecified atom stereocenters. The van der Waals surface area contributed by atoms with Crippen LogP contribution in [-0.4, -0.2) is 4.98 Å². The molecule has 0 amide bonds. The summed E-state index contributed by atoms with van der Waals surface area (Å²) in [5.74, 6) is -0.587. The second-order valence-corrected chi connectivity index (χ2v) is 4.50. The number of benzene rings is 1. The molecule has 0 saturated carbocycles. The van der Waals surface area contributed by atoms with Gasteiger partial charge in [-0.15, -0.1) is 0 Å². The molecule has 2 rings (SSSR count). The number of alkyl halides is 2. The van der Waals surface area contributed by atoms with Gasteiger partial charge in [-0.25, -0.2) is 18.2 Å². The first-order valence-corrected chi connectivity index (χ1v) is 5.54. The highest BCUT2D eigenvalue weighted by Gasteiger charge is 2.17. The van der Waals surface area contributed by atoms with Gasteiger partial charge in [-0.05, 0) is 40.5 Å². The summed E-state index contributed by atoms with van der Waals surface area (Å²) in [5, 5.41) is 0.0706. The van der Waals surface area contributed by atoms with E-state index in [0.29, 0.717) is 5.56 Å². The van der Waals surface area contributed by atoms with E-state index in [1.807, 2.05) is 0 Å². The first-order chi connectivity index (χ1) is 7.91. The largest absolute Gasteiger partial charge is 0.398 e. The summed E-state index contributed by atoms with van der Waals surface area (Å²) in [6.45, 7) is 1.66. The zero-order valence-corrected chi connectivity index (χ0v) is 10.4. The minimum Gasteiger partial charge on any atom is -0.398 e. The van der Waals surface area contributed by atoms with Gasteiger partial charge in [0, 0.05) is 5.69 Å². The Morgan fingerprint density at radius 2 is 2.00 bits per heavy atom. The first kappa shape index (κ1) is 12.2. The van der Waals surface area contributed by atoms with Gasteiger partial charge in [0.2, 0.25) is 0 Å². The average Bonchev–Trinajstić information content (AvgIpc) is 2.25. The van der Waals surface area contributed by atoms with E-state index >= 15 is 0 Å². The number of nitrogens with zero attached hydrogens (tertiary/aromatic N) is 1. The number of aromatic nitrogens is 1. The van der Waals surface area contributed by atoms with Crippen LogP contribution in [0.2, 0.25) is 0 Å². The minimum atomic E-state index is -2.73. The van der Waals surface area contributed by atoms with Gasteiger partial charge in [-0.1, -0.05) is 0 Å². The third kappa shape index (κ3) is 1.97. The summed E-state index contributed by atoms with van der Waals surface area (Å²) in [7, 11) is 0. The van der Waals surface area contributed by atoms with Gasteiger partial charge >= 0.3 is 0 Å². The smallest absolute Gasteiger partial charge is 0.280 e. The highest BCUT2D eigenvalue weighted by atomic mass is 79.9. The molecular weight excluding hydrogens is 297 g/mol. The number of rotatable bonds is 1. The van der Waals surface area contributed by atoms with Crippen LogP contribution in [0.1, 0.15) is 17.7 Å². The third-order valence-electron chi connectivity index (χ3n) is 2.44. The van der Waals surface area contributed by atoms with Crippen molar-refractivity contribution in [3.8, 4) is 0 Å². The molecule has 2 aromatic rings. The molecule has 0 spiro atoms. The van der Waals surface area contributed by atoms with Crippen molar-refractivity contribution >= 4 is 32.5 Å². The molecule has 2 nitrogen and oxygen atoms in total. The zero-order chi connectivity index (χ0) is 12.7. The number of hydrogen-bond donors (Lipinski definition) is 1. The Bertz CT molecular complexity index is 599. The van der Waals surface area contributed by atoms with Crippen LogP contribution in [-0.2, 0) is 0 Å². The van der Waals surface area contributed by atoms with Crippen molar-refractivity contribution in [3.63, 3.8) is 0 Å². The fraction of sp³-hybridized carbons (Fsp3) is 0.182. The van der Waals surface area contributed by atoms with Crippen molar-refractivity contribution in [3.05, 3.63) is 33.7 Å². The van der Waals surface area contributed by atoms with Crippen LogP contribution in [0.4, 0.5) is 18.9 Å². The summed E-state index contributed by atoms with van der Waals surface area (Å²) >= 11 is 3.04. The molecule has 0 atom stereocenters. The van der Waals surface area contributed by atoms with Gasteiger partial charge in [0.05, 0.1) is 15.4 Å². The highest BCUT2D eigenvalue weighted by Crippen LogP contribution is 2.33. The standard InChI is InChI=1S/C11H8BrF3N2/c1-4-2-5(12)9(13)8-6(16)3-7(11(14)15)17-10(4)8/h2-3,11H,1H3,(H2,16,17). The number of anilines is 1. The fourth-order valence-corrected chi connectivity index (χ4v) is 2.20. The van der Waals surface area contributed by atoms with Gasteiger partial charge in [-0.2, -0.15) is 0 Å². The lowest BCUT2D eigenvalue weighted by Gasteiger charge is -2.10. The second-order valence-electron chi connectivity index (χ2n) is 3.65. The zero-order valence-electron chi connectivity index (χ0n) is 8.77. The molecular formula is C11H8BrF3N2. The lowest BCUT2D eigenvalue weighted by Crippen LogP contribution is -2.00. The number of fused-ring (bicyclic) bond motifs is 1. The Labute approximate surface area is 104 Å². The fourth-order valence-electron chi connectivity index (χ4n) is 1.65. The molecule has 0 aliphatic heterocycles. The molecule has 1 aromatic carbocycles.